The van der Waals surface area contributed by atoms with Crippen molar-refractivity contribution < 1.29 is 4.79 Å². The third kappa shape index (κ3) is 2.03. The maximum atomic E-state index is 11.5. The Morgan fingerprint density at radius 3 is 2.82 bits per heavy atom. The average molecular weight is 253 g/mol. The van der Waals surface area contributed by atoms with E-state index in [9.17, 15) is 9.59 Å². The molecule has 0 bridgehead atoms. The Morgan fingerprint density at radius 1 is 1.47 bits per heavy atom. The van der Waals surface area contributed by atoms with Crippen LogP contribution in [0.4, 0.5) is 0 Å². The summed E-state index contributed by atoms with van der Waals surface area (Å²) in [5, 5.41) is 8.29. The quantitative estimate of drug-likeness (QED) is 0.725. The summed E-state index contributed by atoms with van der Waals surface area (Å²) in [5.41, 5.74) is 6.23. The number of aromatic nitrogens is 4. The van der Waals surface area contributed by atoms with Crippen LogP contribution in [-0.2, 0) is 4.79 Å². The van der Waals surface area contributed by atoms with Gasteiger partial charge in [-0.15, -0.1) is 10.2 Å². The molecule has 0 aliphatic carbocycles. The number of aromatic amines is 1. The monoisotopic (exact) mass is 253 g/mol. The number of nitrogens with one attached hydrogen (secondary N) is 1. The van der Waals surface area contributed by atoms with Gasteiger partial charge in [0.05, 0.1) is 5.75 Å². The van der Waals surface area contributed by atoms with E-state index in [1.165, 1.54) is 11.8 Å². The molecular weight excluding hydrogens is 242 g/mol. The summed E-state index contributed by atoms with van der Waals surface area (Å²) in [4.78, 5) is 24.8. The minimum atomic E-state index is -0.425. The van der Waals surface area contributed by atoms with Crippen molar-refractivity contribution in [2.45, 2.75) is 19.0 Å². The van der Waals surface area contributed by atoms with E-state index in [1.54, 1.807) is 18.2 Å². The van der Waals surface area contributed by atoms with Gasteiger partial charge < -0.3 is 5.73 Å². The summed E-state index contributed by atoms with van der Waals surface area (Å²) < 4.78 is 1.70. The third-order valence-corrected chi connectivity index (χ3v) is 3.37. The minimum absolute atomic E-state index is 0.123. The van der Waals surface area contributed by atoms with Gasteiger partial charge in [0.15, 0.2) is 5.16 Å². The van der Waals surface area contributed by atoms with E-state index in [0.717, 1.165) is 5.69 Å². The first kappa shape index (κ1) is 11.6. The van der Waals surface area contributed by atoms with Gasteiger partial charge in [0, 0.05) is 11.3 Å². The van der Waals surface area contributed by atoms with E-state index < -0.39 is 5.91 Å². The number of carbonyl (C=O) groups excluding carboxylic acids is 1. The van der Waals surface area contributed by atoms with Crippen LogP contribution in [0.3, 0.4) is 0 Å². The molecule has 1 amide bonds. The fraction of sp³-hybridized carbons (Fsp3) is 0.333. The van der Waals surface area contributed by atoms with Crippen molar-refractivity contribution in [1.29, 1.82) is 0 Å². The first-order chi connectivity index (χ1) is 8.00. The molecule has 2 aromatic rings. The molecule has 7 nitrogen and oxygen atoms in total. The molecule has 2 rings (SSSR count). The van der Waals surface area contributed by atoms with Gasteiger partial charge in [-0.3, -0.25) is 19.0 Å². The Morgan fingerprint density at radius 2 is 2.18 bits per heavy atom. The second-order valence-electron chi connectivity index (χ2n) is 3.56. The summed E-state index contributed by atoms with van der Waals surface area (Å²) in [7, 11) is 0. The molecule has 2 heterocycles. The predicted molar refractivity (Wildman–Crippen MR) is 63.0 cm³/mol. The zero-order valence-corrected chi connectivity index (χ0v) is 10.2. The molecule has 3 N–H and O–H groups in total. The Labute approximate surface area is 100 Å². The summed E-state index contributed by atoms with van der Waals surface area (Å²) >= 11 is 1.19. The number of rotatable bonds is 3. The van der Waals surface area contributed by atoms with Crippen LogP contribution in [-0.4, -0.2) is 31.2 Å². The molecule has 0 unspecified atom stereocenters. The summed E-state index contributed by atoms with van der Waals surface area (Å²) in [6, 6.07) is 0. The first-order valence-electron chi connectivity index (χ1n) is 4.86. The highest BCUT2D eigenvalue weighted by Gasteiger charge is 2.12. The van der Waals surface area contributed by atoms with Crippen molar-refractivity contribution in [3.63, 3.8) is 0 Å². The highest BCUT2D eigenvalue weighted by Crippen LogP contribution is 2.17. The molecule has 0 fully saturated rings. The van der Waals surface area contributed by atoms with Crippen molar-refractivity contribution in [2.75, 3.05) is 5.75 Å². The zero-order chi connectivity index (χ0) is 12.6. The van der Waals surface area contributed by atoms with Gasteiger partial charge in [0.25, 0.3) is 5.56 Å². The molecule has 17 heavy (non-hydrogen) atoms. The number of nitrogens with zero attached hydrogens (tertiary/aromatic N) is 3. The topological polar surface area (TPSA) is 106 Å². The molecule has 0 aliphatic rings. The van der Waals surface area contributed by atoms with Crippen LogP contribution in [0.5, 0.6) is 0 Å². The average Bonchev–Trinajstić information content (AvgIpc) is 2.66. The van der Waals surface area contributed by atoms with Gasteiger partial charge in [-0.1, -0.05) is 11.8 Å². The van der Waals surface area contributed by atoms with E-state index in [1.807, 2.05) is 0 Å². The Balaban J connectivity index is 2.56. The highest BCUT2D eigenvalue weighted by atomic mass is 32.2. The van der Waals surface area contributed by atoms with Crippen LogP contribution in [0.2, 0.25) is 0 Å². The number of primary amides is 1. The maximum absolute atomic E-state index is 11.5. The van der Waals surface area contributed by atoms with Crippen LogP contribution >= 0.6 is 11.8 Å². The fourth-order valence-corrected chi connectivity index (χ4v) is 2.13. The minimum Gasteiger partial charge on any atom is -0.369 e. The molecular formula is C9H11N5O2S. The van der Waals surface area contributed by atoms with Crippen molar-refractivity contribution in [2.24, 2.45) is 5.73 Å². The number of hydrogen-bond donors (Lipinski definition) is 2. The third-order valence-electron chi connectivity index (χ3n) is 2.42. The van der Waals surface area contributed by atoms with Crippen molar-refractivity contribution in [1.82, 2.24) is 19.6 Å². The molecule has 2 aromatic heterocycles. The molecule has 0 radical (unpaired) electrons. The Kier molecular flexibility index (Phi) is 2.88. The smallest absolute Gasteiger partial charge is 0.255 e. The summed E-state index contributed by atoms with van der Waals surface area (Å²) in [5.74, 6) is 0.0638. The second-order valence-corrected chi connectivity index (χ2v) is 4.50. The summed E-state index contributed by atoms with van der Waals surface area (Å²) in [6.07, 6.45) is 0. The lowest BCUT2D eigenvalue weighted by atomic mass is 10.3. The van der Waals surface area contributed by atoms with Crippen molar-refractivity contribution >= 4 is 23.4 Å². The van der Waals surface area contributed by atoms with Gasteiger partial charge >= 0.3 is 0 Å². The highest BCUT2D eigenvalue weighted by molar-refractivity contribution is 7.99. The predicted octanol–water partition coefficient (Wildman–Crippen LogP) is -0.388. The molecule has 0 spiro atoms. The second kappa shape index (κ2) is 4.21. The Hall–Kier alpha value is -1.83. The van der Waals surface area contributed by atoms with Gasteiger partial charge in [0.2, 0.25) is 11.7 Å². The van der Waals surface area contributed by atoms with Crippen molar-refractivity contribution in [3.8, 4) is 0 Å². The number of fused-ring (bicyclic) bond motifs is 1. The molecule has 0 aliphatic heterocycles. The molecule has 0 saturated carbocycles. The standard InChI is InChI=1S/C9H11N5O2S/c1-4-5(2)14-8(11-7(4)16)12-13-9(14)17-3-6(10)15/h3H2,1-2H3,(H2,10,15)(H,11,12,16). The number of H-pyrrole nitrogens is 1. The molecule has 8 heteroatoms. The number of hydrogen-bond acceptors (Lipinski definition) is 5. The number of amides is 1. The summed E-state index contributed by atoms with van der Waals surface area (Å²) in [6.45, 7) is 3.52. The van der Waals surface area contributed by atoms with Crippen LogP contribution in [0, 0.1) is 13.8 Å². The number of thioether (sulfide) groups is 1. The van der Waals surface area contributed by atoms with Gasteiger partial charge in [-0.2, -0.15) is 0 Å². The van der Waals surface area contributed by atoms with Gasteiger partial charge in [-0.25, -0.2) is 0 Å². The van der Waals surface area contributed by atoms with Gasteiger partial charge in [-0.05, 0) is 13.8 Å². The van der Waals surface area contributed by atoms with Crippen molar-refractivity contribution in [3.05, 3.63) is 21.6 Å². The SMILES string of the molecule is Cc1c(C)n2c(SCC(N)=O)nnc2[nH]c1=O. The van der Waals surface area contributed by atoms with E-state index in [4.69, 9.17) is 5.73 Å². The fourth-order valence-electron chi connectivity index (χ4n) is 1.41. The Bertz CT molecular complexity index is 645. The van der Waals surface area contributed by atoms with Gasteiger partial charge in [0.1, 0.15) is 0 Å². The molecule has 0 saturated heterocycles. The lowest BCUT2D eigenvalue weighted by molar-refractivity contribution is -0.115. The number of nitrogens with two attached hydrogens (primary N) is 1. The lowest BCUT2D eigenvalue weighted by Gasteiger charge is -2.04. The van der Waals surface area contributed by atoms with E-state index in [-0.39, 0.29) is 11.3 Å². The zero-order valence-electron chi connectivity index (χ0n) is 9.35. The van der Waals surface area contributed by atoms with Crippen LogP contribution in [0.1, 0.15) is 11.3 Å². The maximum Gasteiger partial charge on any atom is 0.255 e. The largest absolute Gasteiger partial charge is 0.369 e. The van der Waals surface area contributed by atoms with E-state index in [2.05, 4.69) is 15.2 Å². The number of aryl methyl sites for hydroxylation is 1. The van der Waals surface area contributed by atoms with E-state index >= 15 is 0 Å². The van der Waals surface area contributed by atoms with Crippen LogP contribution in [0.25, 0.3) is 5.78 Å². The first-order valence-corrected chi connectivity index (χ1v) is 5.85. The van der Waals surface area contributed by atoms with Crippen LogP contribution in [0.15, 0.2) is 9.95 Å². The lowest BCUT2D eigenvalue weighted by Crippen LogP contribution is -2.16. The normalized spacial score (nSPS) is 10.9. The van der Waals surface area contributed by atoms with Crippen LogP contribution < -0.4 is 11.3 Å². The molecule has 0 aromatic carbocycles. The molecule has 90 valence electrons. The molecule has 0 atom stereocenters. The van der Waals surface area contributed by atoms with E-state index in [0.29, 0.717) is 16.5 Å². The number of carbonyl (C=O) groups is 1.